The van der Waals surface area contributed by atoms with E-state index < -0.39 is 20.0 Å². The number of carbonyl (C=O) groups is 2. The third-order valence-electron chi connectivity index (χ3n) is 6.36. The molecule has 1 aliphatic heterocycles. The average molecular weight is 538 g/mol. The van der Waals surface area contributed by atoms with Crippen LogP contribution in [0.1, 0.15) is 64.9 Å². The Balaban J connectivity index is 2.34. The average Bonchev–Trinajstić information content (AvgIpc) is 2.79. The van der Waals surface area contributed by atoms with Crippen molar-refractivity contribution in [3.05, 3.63) is 47.1 Å². The predicted octanol–water partition coefficient (Wildman–Crippen LogP) is 4.37. The standard InChI is InChI=1S/C26H39N2O8P/c1-17-8-5-10-19(3)25(29)28-21-14-20(15-23(16-21)36-37(31,32)33)11-7-13-22(34-4)12-6-9-18(2)24(17)35-26(27)30/h9-10,14-17,22,24H,5-8,11-13H2,1-4H3,(H2,27,30)(H,28,29)(H2,31,32,33)/p-1/b18-9+,19-10+/t17-,22+,24+/m0/s1. The maximum absolute atomic E-state index is 12.8. The van der Waals surface area contributed by atoms with Gasteiger partial charge in [0.15, 0.2) is 0 Å². The number of fused-ring (bicyclic) bond motifs is 2. The molecule has 2 bridgehead atoms. The molecule has 2 rings (SSSR count). The SMILES string of the molecule is CO[C@@H]1CC/C=C(\C)[C@H](OC(N)=O)[C@@H](C)CC/C=C(\C)C(=O)Nc2cc(cc(OP(=O)([O-])O)c2)CCC1. The van der Waals surface area contributed by atoms with Gasteiger partial charge in [-0.2, -0.15) is 0 Å². The van der Waals surface area contributed by atoms with Crippen molar-refractivity contribution in [1.82, 2.24) is 0 Å². The summed E-state index contributed by atoms with van der Waals surface area (Å²) in [4.78, 5) is 44.7. The molecule has 1 unspecified atom stereocenters. The lowest BCUT2D eigenvalue weighted by atomic mass is 9.92. The number of primary amides is 1. The van der Waals surface area contributed by atoms with Crippen molar-refractivity contribution in [3.8, 4) is 5.75 Å². The summed E-state index contributed by atoms with van der Waals surface area (Å²) in [5.41, 5.74) is 7.80. The number of aryl methyl sites for hydroxylation is 1. The lowest BCUT2D eigenvalue weighted by Crippen LogP contribution is -2.29. The molecule has 1 aliphatic rings. The number of carbonyl (C=O) groups excluding carboxylic acids is 2. The summed E-state index contributed by atoms with van der Waals surface area (Å²) in [6, 6.07) is 4.62. The number of benzene rings is 1. The molecule has 2 amide bonds. The minimum Gasteiger partial charge on any atom is -0.746 e. The maximum atomic E-state index is 12.8. The zero-order chi connectivity index (χ0) is 27.6. The number of hydrogen-bond donors (Lipinski definition) is 3. The Hall–Kier alpha value is -2.65. The zero-order valence-corrected chi connectivity index (χ0v) is 22.8. The van der Waals surface area contributed by atoms with E-state index in [1.807, 2.05) is 19.9 Å². The minimum absolute atomic E-state index is 0.0103. The van der Waals surface area contributed by atoms with Gasteiger partial charge in [0, 0.05) is 24.4 Å². The topological polar surface area (TPSA) is 160 Å². The Labute approximate surface area is 218 Å². The lowest BCUT2D eigenvalue weighted by molar-refractivity contribution is -0.211. The molecule has 0 fully saturated rings. The molecular formula is C26H38N2O8P-. The number of anilines is 1. The number of allylic oxidation sites excluding steroid dienone is 2. The van der Waals surface area contributed by atoms with Crippen LogP contribution < -0.4 is 20.5 Å². The summed E-state index contributed by atoms with van der Waals surface area (Å²) in [5, 5.41) is 2.76. The first-order valence-electron chi connectivity index (χ1n) is 12.4. The van der Waals surface area contributed by atoms with Gasteiger partial charge in [-0.15, -0.1) is 0 Å². The maximum Gasteiger partial charge on any atom is 0.405 e. The third kappa shape index (κ3) is 11.1. The van der Waals surface area contributed by atoms with E-state index in [1.165, 1.54) is 12.1 Å². The summed E-state index contributed by atoms with van der Waals surface area (Å²) in [7, 11) is -3.36. The molecule has 1 heterocycles. The van der Waals surface area contributed by atoms with Crippen LogP contribution in [0.2, 0.25) is 0 Å². The number of nitrogens with two attached hydrogens (primary N) is 1. The van der Waals surface area contributed by atoms with E-state index in [2.05, 4.69) is 9.84 Å². The van der Waals surface area contributed by atoms with Crippen LogP contribution >= 0.6 is 7.82 Å². The van der Waals surface area contributed by atoms with Crippen LogP contribution in [0.5, 0.6) is 5.75 Å². The summed E-state index contributed by atoms with van der Waals surface area (Å²) in [6.45, 7) is 5.57. The van der Waals surface area contributed by atoms with Crippen LogP contribution in [-0.4, -0.2) is 36.2 Å². The van der Waals surface area contributed by atoms with Gasteiger partial charge in [-0.3, -0.25) is 9.36 Å². The Morgan fingerprint density at radius 1 is 1.16 bits per heavy atom. The fourth-order valence-corrected chi connectivity index (χ4v) is 4.78. The van der Waals surface area contributed by atoms with Crippen LogP contribution in [0.4, 0.5) is 10.5 Å². The van der Waals surface area contributed by atoms with Crippen LogP contribution in [0.25, 0.3) is 0 Å². The fourth-order valence-electron chi connectivity index (χ4n) is 4.41. The number of ether oxygens (including phenoxy) is 2. The van der Waals surface area contributed by atoms with E-state index in [0.29, 0.717) is 30.5 Å². The molecule has 0 saturated carbocycles. The highest BCUT2D eigenvalue weighted by molar-refractivity contribution is 7.45. The normalized spacial score (nSPS) is 27.0. The van der Waals surface area contributed by atoms with E-state index in [1.54, 1.807) is 26.2 Å². The molecule has 1 aromatic rings. The van der Waals surface area contributed by atoms with Gasteiger partial charge in [-0.25, -0.2) is 4.79 Å². The molecule has 37 heavy (non-hydrogen) atoms. The summed E-state index contributed by atoms with van der Waals surface area (Å²) >= 11 is 0. The molecule has 0 aliphatic carbocycles. The van der Waals surface area contributed by atoms with Crippen molar-refractivity contribution in [1.29, 1.82) is 0 Å². The van der Waals surface area contributed by atoms with Gasteiger partial charge < -0.3 is 34.8 Å². The van der Waals surface area contributed by atoms with Crippen molar-refractivity contribution >= 4 is 25.5 Å². The van der Waals surface area contributed by atoms with E-state index in [0.717, 1.165) is 36.8 Å². The van der Waals surface area contributed by atoms with Gasteiger partial charge in [0.25, 0.3) is 5.91 Å². The number of phosphoric acid groups is 1. The lowest BCUT2D eigenvalue weighted by Gasteiger charge is -2.24. The van der Waals surface area contributed by atoms with Crippen molar-refractivity contribution in [2.45, 2.75) is 77.9 Å². The van der Waals surface area contributed by atoms with Crippen LogP contribution in [0.3, 0.4) is 0 Å². The molecule has 0 radical (unpaired) electrons. The first-order valence-corrected chi connectivity index (χ1v) is 13.9. The second-order valence-electron chi connectivity index (χ2n) is 9.45. The molecule has 0 saturated heterocycles. The van der Waals surface area contributed by atoms with Gasteiger partial charge in [0.1, 0.15) is 11.9 Å². The van der Waals surface area contributed by atoms with Crippen molar-refractivity contribution < 1.29 is 37.9 Å². The highest BCUT2D eigenvalue weighted by Gasteiger charge is 2.22. The van der Waals surface area contributed by atoms with Gasteiger partial charge in [0.2, 0.25) is 0 Å². The molecular weight excluding hydrogens is 499 g/mol. The highest BCUT2D eigenvalue weighted by atomic mass is 31.2. The Morgan fingerprint density at radius 3 is 2.51 bits per heavy atom. The number of nitrogens with one attached hydrogen (secondary N) is 1. The third-order valence-corrected chi connectivity index (χ3v) is 6.81. The first kappa shape index (κ1) is 30.6. The molecule has 4 atom stereocenters. The zero-order valence-electron chi connectivity index (χ0n) is 21.9. The number of amides is 2. The second-order valence-corrected chi connectivity index (χ2v) is 10.6. The summed E-state index contributed by atoms with van der Waals surface area (Å²) < 4.78 is 27.0. The van der Waals surface area contributed by atoms with Gasteiger partial charge >= 0.3 is 13.9 Å². The van der Waals surface area contributed by atoms with E-state index in [9.17, 15) is 19.0 Å². The van der Waals surface area contributed by atoms with Gasteiger partial charge in [-0.05, 0) is 88.0 Å². The first-order chi connectivity index (χ1) is 17.4. The van der Waals surface area contributed by atoms with Crippen molar-refractivity contribution in [2.24, 2.45) is 11.7 Å². The van der Waals surface area contributed by atoms with Crippen LogP contribution in [-0.2, 0) is 25.3 Å². The largest absolute Gasteiger partial charge is 0.746 e. The Kier molecular flexibility index (Phi) is 11.8. The molecule has 4 N–H and O–H groups in total. The smallest absolute Gasteiger partial charge is 0.405 e. The summed E-state index contributed by atoms with van der Waals surface area (Å²) in [5.74, 6) is -0.475. The summed E-state index contributed by atoms with van der Waals surface area (Å²) in [6.07, 6.45) is 7.30. The van der Waals surface area contributed by atoms with E-state index in [-0.39, 0.29) is 23.7 Å². The predicted molar refractivity (Wildman–Crippen MR) is 139 cm³/mol. The molecule has 0 spiro atoms. The molecule has 10 nitrogen and oxygen atoms in total. The number of phosphoric ester groups is 1. The van der Waals surface area contributed by atoms with E-state index >= 15 is 0 Å². The number of rotatable bonds is 4. The van der Waals surface area contributed by atoms with Crippen molar-refractivity contribution in [2.75, 3.05) is 12.4 Å². The van der Waals surface area contributed by atoms with Gasteiger partial charge in [0.05, 0.1) is 6.10 Å². The molecule has 1 aromatic carbocycles. The second kappa shape index (κ2) is 14.3. The monoisotopic (exact) mass is 537 g/mol. The molecule has 206 valence electrons. The fraction of sp³-hybridized carbons (Fsp3) is 0.538. The van der Waals surface area contributed by atoms with Gasteiger partial charge in [-0.1, -0.05) is 19.1 Å². The van der Waals surface area contributed by atoms with Crippen LogP contribution in [0.15, 0.2) is 41.5 Å². The molecule has 11 heteroatoms. The Morgan fingerprint density at radius 2 is 1.86 bits per heavy atom. The van der Waals surface area contributed by atoms with E-state index in [4.69, 9.17) is 20.1 Å². The quantitative estimate of drug-likeness (QED) is 0.377. The highest BCUT2D eigenvalue weighted by Crippen LogP contribution is 2.35. The van der Waals surface area contributed by atoms with Crippen molar-refractivity contribution in [3.63, 3.8) is 0 Å². The van der Waals surface area contributed by atoms with Crippen LogP contribution in [0, 0.1) is 5.92 Å². The minimum atomic E-state index is -5.02. The molecule has 0 aromatic heterocycles. The number of methoxy groups -OCH3 is 1. The number of hydrogen-bond acceptors (Lipinski definition) is 7. The Bertz CT molecular complexity index is 1050.